The summed E-state index contributed by atoms with van der Waals surface area (Å²) in [6.07, 6.45) is 3.43. The van der Waals surface area contributed by atoms with E-state index in [1.165, 1.54) is 17.5 Å². The van der Waals surface area contributed by atoms with Crippen LogP contribution in [0, 0.1) is 0 Å². The summed E-state index contributed by atoms with van der Waals surface area (Å²) in [6, 6.07) is 11.5. The standard InChI is InChI=1S/C18H17NO3/c20-18(15-5-2-6-16-17(15)22-10-9-21-16)19-14-8-7-12-3-1-4-13(12)11-14/h2,5-8,11H,1,3-4,9-10H2,(H,19,20). The van der Waals surface area contributed by atoms with Crippen molar-refractivity contribution < 1.29 is 14.3 Å². The number of anilines is 1. The Hall–Kier alpha value is -2.49. The van der Waals surface area contributed by atoms with Gasteiger partial charge in [-0.15, -0.1) is 0 Å². The highest BCUT2D eigenvalue weighted by molar-refractivity contribution is 6.06. The van der Waals surface area contributed by atoms with E-state index in [0.29, 0.717) is 30.3 Å². The predicted molar refractivity (Wildman–Crippen MR) is 83.9 cm³/mol. The smallest absolute Gasteiger partial charge is 0.259 e. The summed E-state index contributed by atoms with van der Waals surface area (Å²) in [6.45, 7) is 0.985. The lowest BCUT2D eigenvalue weighted by Gasteiger charge is -2.20. The molecule has 0 saturated heterocycles. The Morgan fingerprint density at radius 3 is 2.82 bits per heavy atom. The molecular weight excluding hydrogens is 278 g/mol. The maximum Gasteiger partial charge on any atom is 0.259 e. The third-order valence-corrected chi connectivity index (χ3v) is 4.17. The van der Waals surface area contributed by atoms with E-state index in [1.807, 2.05) is 18.2 Å². The molecule has 0 unspecified atom stereocenters. The van der Waals surface area contributed by atoms with Crippen molar-refractivity contribution in [1.82, 2.24) is 0 Å². The minimum atomic E-state index is -0.166. The van der Waals surface area contributed by atoms with Crippen molar-refractivity contribution in [3.63, 3.8) is 0 Å². The van der Waals surface area contributed by atoms with Crippen LogP contribution in [0.4, 0.5) is 5.69 Å². The van der Waals surface area contributed by atoms with Crippen LogP contribution in [0.5, 0.6) is 11.5 Å². The third-order valence-electron chi connectivity index (χ3n) is 4.17. The van der Waals surface area contributed by atoms with E-state index in [2.05, 4.69) is 17.4 Å². The van der Waals surface area contributed by atoms with Crippen molar-refractivity contribution in [1.29, 1.82) is 0 Å². The van der Waals surface area contributed by atoms with Gasteiger partial charge in [0.2, 0.25) is 0 Å². The van der Waals surface area contributed by atoms with Crippen molar-refractivity contribution in [3.05, 3.63) is 53.1 Å². The van der Waals surface area contributed by atoms with Gasteiger partial charge in [-0.05, 0) is 54.7 Å². The number of hydrogen-bond donors (Lipinski definition) is 1. The maximum atomic E-state index is 12.5. The molecule has 22 heavy (non-hydrogen) atoms. The van der Waals surface area contributed by atoms with Gasteiger partial charge < -0.3 is 14.8 Å². The van der Waals surface area contributed by atoms with Crippen LogP contribution in [0.25, 0.3) is 0 Å². The molecule has 1 aliphatic carbocycles. The Morgan fingerprint density at radius 1 is 1.00 bits per heavy atom. The zero-order valence-corrected chi connectivity index (χ0v) is 12.2. The number of hydrogen-bond acceptors (Lipinski definition) is 3. The first-order chi connectivity index (χ1) is 10.8. The molecule has 0 atom stereocenters. The summed E-state index contributed by atoms with van der Waals surface area (Å²) in [5, 5.41) is 2.96. The van der Waals surface area contributed by atoms with Gasteiger partial charge in [0.1, 0.15) is 13.2 Å². The lowest BCUT2D eigenvalue weighted by atomic mass is 10.1. The van der Waals surface area contributed by atoms with E-state index in [0.717, 1.165) is 18.5 Å². The highest BCUT2D eigenvalue weighted by Gasteiger charge is 2.20. The first-order valence-corrected chi connectivity index (χ1v) is 7.63. The van der Waals surface area contributed by atoms with Crippen molar-refractivity contribution in [2.24, 2.45) is 0 Å². The summed E-state index contributed by atoms with van der Waals surface area (Å²) < 4.78 is 11.1. The van der Waals surface area contributed by atoms with Crippen LogP contribution in [-0.2, 0) is 12.8 Å². The second-order valence-corrected chi connectivity index (χ2v) is 5.62. The number of para-hydroxylation sites is 1. The molecule has 4 rings (SSSR count). The Bertz CT molecular complexity index is 739. The zero-order valence-electron chi connectivity index (χ0n) is 12.2. The summed E-state index contributed by atoms with van der Waals surface area (Å²) in [5.74, 6) is 1.00. The summed E-state index contributed by atoms with van der Waals surface area (Å²) >= 11 is 0. The van der Waals surface area contributed by atoms with Gasteiger partial charge in [0.25, 0.3) is 5.91 Å². The van der Waals surface area contributed by atoms with E-state index in [4.69, 9.17) is 9.47 Å². The quantitative estimate of drug-likeness (QED) is 0.925. The van der Waals surface area contributed by atoms with Gasteiger partial charge in [-0.25, -0.2) is 0 Å². The molecule has 2 aliphatic rings. The normalized spacial score (nSPS) is 15.3. The Labute approximate surface area is 129 Å². The minimum absolute atomic E-state index is 0.166. The molecule has 0 radical (unpaired) electrons. The van der Waals surface area contributed by atoms with Gasteiger partial charge >= 0.3 is 0 Å². The zero-order chi connectivity index (χ0) is 14.9. The average Bonchev–Trinajstić information content (AvgIpc) is 3.02. The molecule has 0 aromatic heterocycles. The average molecular weight is 295 g/mol. The van der Waals surface area contributed by atoms with Crippen molar-refractivity contribution in [2.75, 3.05) is 18.5 Å². The van der Waals surface area contributed by atoms with Crippen LogP contribution >= 0.6 is 0 Å². The highest BCUT2D eigenvalue weighted by atomic mass is 16.6. The van der Waals surface area contributed by atoms with Gasteiger partial charge in [0.05, 0.1) is 5.56 Å². The lowest BCUT2D eigenvalue weighted by molar-refractivity contribution is 0.101. The van der Waals surface area contributed by atoms with Crippen LogP contribution in [0.1, 0.15) is 27.9 Å². The summed E-state index contributed by atoms with van der Waals surface area (Å²) in [7, 11) is 0. The third kappa shape index (κ3) is 2.30. The second kappa shape index (κ2) is 5.37. The van der Waals surface area contributed by atoms with Crippen molar-refractivity contribution in [3.8, 4) is 11.5 Å². The van der Waals surface area contributed by atoms with Crippen molar-refractivity contribution >= 4 is 11.6 Å². The minimum Gasteiger partial charge on any atom is -0.486 e. The van der Waals surface area contributed by atoms with Gasteiger partial charge in [0, 0.05) is 5.69 Å². The molecule has 0 bridgehead atoms. The molecule has 1 N–H and O–H groups in total. The topological polar surface area (TPSA) is 47.6 Å². The number of aryl methyl sites for hydroxylation is 2. The largest absolute Gasteiger partial charge is 0.486 e. The fraction of sp³-hybridized carbons (Fsp3) is 0.278. The fourth-order valence-corrected chi connectivity index (χ4v) is 3.10. The van der Waals surface area contributed by atoms with E-state index in [9.17, 15) is 4.79 Å². The van der Waals surface area contributed by atoms with Gasteiger partial charge in [-0.1, -0.05) is 12.1 Å². The van der Waals surface area contributed by atoms with E-state index in [1.54, 1.807) is 6.07 Å². The lowest BCUT2D eigenvalue weighted by Crippen LogP contribution is -2.20. The molecule has 2 aromatic rings. The molecule has 0 fully saturated rings. The molecule has 2 aromatic carbocycles. The van der Waals surface area contributed by atoms with Gasteiger partial charge in [0.15, 0.2) is 11.5 Å². The molecule has 4 heteroatoms. The van der Waals surface area contributed by atoms with Crippen LogP contribution < -0.4 is 14.8 Å². The predicted octanol–water partition coefficient (Wildman–Crippen LogP) is 3.20. The molecule has 1 heterocycles. The number of amides is 1. The number of carbonyl (C=O) groups is 1. The first-order valence-electron chi connectivity index (χ1n) is 7.63. The summed E-state index contributed by atoms with van der Waals surface area (Å²) in [5.41, 5.74) is 4.08. The molecule has 4 nitrogen and oxygen atoms in total. The number of rotatable bonds is 2. The number of benzene rings is 2. The molecule has 1 amide bonds. The number of fused-ring (bicyclic) bond motifs is 2. The van der Waals surface area contributed by atoms with Crippen LogP contribution in [-0.4, -0.2) is 19.1 Å². The fourth-order valence-electron chi connectivity index (χ4n) is 3.10. The molecule has 0 spiro atoms. The number of nitrogens with one attached hydrogen (secondary N) is 1. The van der Waals surface area contributed by atoms with E-state index in [-0.39, 0.29) is 5.91 Å². The van der Waals surface area contributed by atoms with Crippen LogP contribution in [0.3, 0.4) is 0 Å². The van der Waals surface area contributed by atoms with E-state index >= 15 is 0 Å². The van der Waals surface area contributed by atoms with Crippen LogP contribution in [0.2, 0.25) is 0 Å². The number of carbonyl (C=O) groups excluding carboxylic acids is 1. The van der Waals surface area contributed by atoms with Gasteiger partial charge in [-0.2, -0.15) is 0 Å². The molecule has 0 saturated carbocycles. The van der Waals surface area contributed by atoms with Crippen LogP contribution in [0.15, 0.2) is 36.4 Å². The van der Waals surface area contributed by atoms with Gasteiger partial charge in [-0.3, -0.25) is 4.79 Å². The molecule has 1 aliphatic heterocycles. The molecule has 112 valence electrons. The number of ether oxygens (including phenoxy) is 2. The molecular formula is C18H17NO3. The maximum absolute atomic E-state index is 12.5. The Morgan fingerprint density at radius 2 is 1.86 bits per heavy atom. The van der Waals surface area contributed by atoms with Crippen molar-refractivity contribution in [2.45, 2.75) is 19.3 Å². The highest BCUT2D eigenvalue weighted by Crippen LogP contribution is 2.34. The van der Waals surface area contributed by atoms with E-state index < -0.39 is 0 Å². The monoisotopic (exact) mass is 295 g/mol. The summed E-state index contributed by atoms with van der Waals surface area (Å²) in [4.78, 5) is 12.5. The first kappa shape index (κ1) is 13.2. The second-order valence-electron chi connectivity index (χ2n) is 5.62. The SMILES string of the molecule is O=C(Nc1ccc2c(c1)CCC2)c1cccc2c1OCCO2. The Kier molecular flexibility index (Phi) is 3.22. The Balaban J connectivity index is 1.60.